The molecule has 2 heterocycles. The van der Waals surface area contributed by atoms with Crippen molar-refractivity contribution in [3.63, 3.8) is 0 Å². The molecule has 0 aromatic heterocycles. The van der Waals surface area contributed by atoms with E-state index >= 15 is 0 Å². The summed E-state index contributed by atoms with van der Waals surface area (Å²) in [5, 5.41) is 0. The molecule has 0 saturated carbocycles. The fourth-order valence-electron chi connectivity index (χ4n) is 3.84. The lowest BCUT2D eigenvalue weighted by molar-refractivity contribution is -0.132. The molecule has 0 N–H and O–H groups in total. The summed E-state index contributed by atoms with van der Waals surface area (Å²) in [6.07, 6.45) is 1.03. The van der Waals surface area contributed by atoms with E-state index in [2.05, 4.69) is 0 Å². The molecule has 0 aliphatic carbocycles. The van der Waals surface area contributed by atoms with Crippen LogP contribution in [0.25, 0.3) is 0 Å². The van der Waals surface area contributed by atoms with Gasteiger partial charge in [0.25, 0.3) is 0 Å². The van der Waals surface area contributed by atoms with E-state index in [1.165, 1.54) is 16.4 Å². The molecule has 2 aromatic carbocycles. The Hall–Kier alpha value is -2.78. The van der Waals surface area contributed by atoms with Gasteiger partial charge < -0.3 is 19.1 Å². The number of benzene rings is 2. The lowest BCUT2D eigenvalue weighted by Gasteiger charge is -2.34. The van der Waals surface area contributed by atoms with Gasteiger partial charge >= 0.3 is 0 Å². The molecule has 9 heteroatoms. The number of carbonyl (C=O) groups is 1. The Bertz CT molecular complexity index is 1050. The molecular weight excluding hydrogens is 432 g/mol. The van der Waals surface area contributed by atoms with Gasteiger partial charge in [0, 0.05) is 38.7 Å². The van der Waals surface area contributed by atoms with Crippen LogP contribution < -0.4 is 14.2 Å². The van der Waals surface area contributed by atoms with Crippen LogP contribution in [0, 0.1) is 0 Å². The van der Waals surface area contributed by atoms with Crippen LogP contribution in [0.1, 0.15) is 18.9 Å². The molecule has 172 valence electrons. The summed E-state index contributed by atoms with van der Waals surface area (Å²) in [4.78, 5) is 14.5. The summed E-state index contributed by atoms with van der Waals surface area (Å²) < 4.78 is 43.9. The van der Waals surface area contributed by atoms with Crippen LogP contribution in [0.2, 0.25) is 0 Å². The molecule has 0 atom stereocenters. The Morgan fingerprint density at radius 1 is 0.969 bits per heavy atom. The van der Waals surface area contributed by atoms with Crippen LogP contribution in [0.15, 0.2) is 47.4 Å². The Morgan fingerprint density at radius 2 is 1.66 bits per heavy atom. The van der Waals surface area contributed by atoms with Crippen LogP contribution in [-0.2, 0) is 21.2 Å². The standard InChI is InChI=1S/C23H28N2O6S/c1-2-29-19-6-3-18(4-7-19)5-10-23(26)24-11-13-25(14-12-24)32(27,28)20-8-9-21-22(17-20)31-16-15-30-21/h3-4,6-9,17H,2,5,10-16H2,1H3. The van der Waals surface area contributed by atoms with Crippen LogP contribution in [0.5, 0.6) is 17.2 Å². The van der Waals surface area contributed by atoms with E-state index in [0.29, 0.717) is 57.3 Å². The number of hydrogen-bond acceptors (Lipinski definition) is 6. The van der Waals surface area contributed by atoms with E-state index < -0.39 is 10.0 Å². The summed E-state index contributed by atoms with van der Waals surface area (Å²) in [5.41, 5.74) is 1.07. The highest BCUT2D eigenvalue weighted by molar-refractivity contribution is 7.89. The third-order valence-electron chi connectivity index (χ3n) is 5.60. The molecule has 32 heavy (non-hydrogen) atoms. The first-order chi connectivity index (χ1) is 15.5. The van der Waals surface area contributed by atoms with Crippen molar-refractivity contribution in [2.45, 2.75) is 24.7 Å². The van der Waals surface area contributed by atoms with E-state index in [9.17, 15) is 13.2 Å². The zero-order valence-corrected chi connectivity index (χ0v) is 19.0. The number of piperazine rings is 1. The molecule has 2 aliphatic rings. The highest BCUT2D eigenvalue weighted by atomic mass is 32.2. The molecule has 1 fully saturated rings. The number of nitrogens with zero attached hydrogens (tertiary/aromatic N) is 2. The lowest BCUT2D eigenvalue weighted by Crippen LogP contribution is -2.50. The molecular formula is C23H28N2O6S. The molecule has 8 nitrogen and oxygen atoms in total. The van der Waals surface area contributed by atoms with Crippen molar-refractivity contribution in [2.24, 2.45) is 0 Å². The van der Waals surface area contributed by atoms with Gasteiger partial charge in [0.2, 0.25) is 15.9 Å². The molecule has 1 amide bonds. The van der Waals surface area contributed by atoms with Gasteiger partial charge in [-0.2, -0.15) is 4.31 Å². The molecule has 4 rings (SSSR count). The number of ether oxygens (including phenoxy) is 3. The van der Waals surface area contributed by atoms with Crippen LogP contribution >= 0.6 is 0 Å². The maximum atomic E-state index is 13.1. The number of amides is 1. The van der Waals surface area contributed by atoms with E-state index in [4.69, 9.17) is 14.2 Å². The second kappa shape index (κ2) is 9.79. The van der Waals surface area contributed by atoms with Gasteiger partial charge in [0.05, 0.1) is 11.5 Å². The second-order valence-corrected chi connectivity index (χ2v) is 9.61. The Labute approximate surface area is 188 Å². The van der Waals surface area contributed by atoms with Crippen molar-refractivity contribution in [3.05, 3.63) is 48.0 Å². The summed E-state index contributed by atoms with van der Waals surface area (Å²) in [7, 11) is -3.66. The molecule has 0 unspecified atom stereocenters. The molecule has 1 saturated heterocycles. The normalized spacial score (nSPS) is 16.6. The van der Waals surface area contributed by atoms with Crippen molar-refractivity contribution in [1.82, 2.24) is 9.21 Å². The molecule has 2 aliphatic heterocycles. The SMILES string of the molecule is CCOc1ccc(CCC(=O)N2CCN(S(=O)(=O)c3ccc4c(c3)OCCO4)CC2)cc1. The maximum Gasteiger partial charge on any atom is 0.243 e. The smallest absolute Gasteiger partial charge is 0.243 e. The largest absolute Gasteiger partial charge is 0.494 e. The van der Waals surface area contributed by atoms with Crippen LogP contribution in [0.3, 0.4) is 0 Å². The van der Waals surface area contributed by atoms with Crippen molar-refractivity contribution in [2.75, 3.05) is 46.0 Å². The number of hydrogen-bond donors (Lipinski definition) is 0. The summed E-state index contributed by atoms with van der Waals surface area (Å²) in [5.74, 6) is 1.85. The first-order valence-electron chi connectivity index (χ1n) is 10.9. The predicted octanol–water partition coefficient (Wildman–Crippen LogP) is 2.32. The molecule has 0 radical (unpaired) electrons. The molecule has 2 aromatic rings. The van der Waals surface area contributed by atoms with E-state index in [-0.39, 0.29) is 23.9 Å². The third kappa shape index (κ3) is 4.99. The summed E-state index contributed by atoms with van der Waals surface area (Å²) >= 11 is 0. The molecule has 0 bridgehead atoms. The topological polar surface area (TPSA) is 85.4 Å². The first kappa shape index (κ1) is 22.4. The van der Waals surface area contributed by atoms with Gasteiger partial charge in [-0.15, -0.1) is 0 Å². The summed E-state index contributed by atoms with van der Waals surface area (Å²) in [6, 6.07) is 12.4. The number of carbonyl (C=O) groups excluding carboxylic acids is 1. The van der Waals surface area contributed by atoms with Crippen molar-refractivity contribution in [3.8, 4) is 17.2 Å². The van der Waals surface area contributed by atoms with Gasteiger partial charge in [0.15, 0.2) is 11.5 Å². The van der Waals surface area contributed by atoms with E-state index in [0.717, 1.165) is 11.3 Å². The number of fused-ring (bicyclic) bond motifs is 1. The minimum Gasteiger partial charge on any atom is -0.494 e. The van der Waals surface area contributed by atoms with Gasteiger partial charge in [-0.05, 0) is 43.2 Å². The summed E-state index contributed by atoms with van der Waals surface area (Å²) in [6.45, 7) is 4.71. The average molecular weight is 461 g/mol. The number of rotatable bonds is 7. The zero-order valence-electron chi connectivity index (χ0n) is 18.2. The number of sulfonamides is 1. The Balaban J connectivity index is 1.30. The van der Waals surface area contributed by atoms with Gasteiger partial charge in [-0.1, -0.05) is 12.1 Å². The van der Waals surface area contributed by atoms with Gasteiger partial charge in [0.1, 0.15) is 19.0 Å². The Morgan fingerprint density at radius 3 is 2.34 bits per heavy atom. The third-order valence-corrected chi connectivity index (χ3v) is 7.50. The fourth-order valence-corrected chi connectivity index (χ4v) is 5.28. The fraction of sp³-hybridized carbons (Fsp3) is 0.435. The lowest BCUT2D eigenvalue weighted by atomic mass is 10.1. The minimum atomic E-state index is -3.66. The van der Waals surface area contributed by atoms with Crippen molar-refractivity contribution >= 4 is 15.9 Å². The monoisotopic (exact) mass is 460 g/mol. The quantitative estimate of drug-likeness (QED) is 0.631. The Kier molecular flexibility index (Phi) is 6.86. The van der Waals surface area contributed by atoms with Gasteiger partial charge in [-0.25, -0.2) is 8.42 Å². The van der Waals surface area contributed by atoms with Crippen molar-refractivity contribution < 1.29 is 27.4 Å². The molecule has 0 spiro atoms. The van der Waals surface area contributed by atoms with Crippen LogP contribution in [-0.4, -0.2) is 69.5 Å². The number of aryl methyl sites for hydroxylation is 1. The first-order valence-corrected chi connectivity index (χ1v) is 12.3. The highest BCUT2D eigenvalue weighted by Crippen LogP contribution is 2.33. The van der Waals surface area contributed by atoms with E-state index in [1.807, 2.05) is 31.2 Å². The van der Waals surface area contributed by atoms with Crippen LogP contribution in [0.4, 0.5) is 0 Å². The second-order valence-electron chi connectivity index (χ2n) is 7.67. The zero-order chi connectivity index (χ0) is 22.6. The predicted molar refractivity (Wildman–Crippen MR) is 119 cm³/mol. The minimum absolute atomic E-state index is 0.0373. The maximum absolute atomic E-state index is 13.1. The highest BCUT2D eigenvalue weighted by Gasteiger charge is 2.31. The van der Waals surface area contributed by atoms with E-state index in [1.54, 1.807) is 11.0 Å². The van der Waals surface area contributed by atoms with Crippen molar-refractivity contribution in [1.29, 1.82) is 0 Å². The average Bonchev–Trinajstić information content (AvgIpc) is 2.83. The van der Waals surface area contributed by atoms with Gasteiger partial charge in [-0.3, -0.25) is 4.79 Å².